The average Bonchev–Trinajstić information content (AvgIpc) is 3.07. The van der Waals surface area contributed by atoms with Crippen molar-refractivity contribution in [1.82, 2.24) is 14.0 Å². The SMILES string of the molecule is COc1ccc(/C=C/[P+](N(C)C)(N(C)C)N(C)C)cc1.c1ccc([B-](c2ccccc2)(c2ccccc2)c2ccccc2)cc1. The van der Waals surface area contributed by atoms with Crippen molar-refractivity contribution in [3.8, 4) is 5.75 Å². The Kier molecular flexibility index (Phi) is 11.9. The van der Waals surface area contributed by atoms with Crippen LogP contribution in [0.25, 0.3) is 6.08 Å². The molecule has 5 rings (SSSR count). The summed E-state index contributed by atoms with van der Waals surface area (Å²) < 4.78 is 12.1. The van der Waals surface area contributed by atoms with Crippen molar-refractivity contribution < 1.29 is 4.74 Å². The van der Waals surface area contributed by atoms with Gasteiger partial charge in [0.15, 0.2) is 0 Å². The molecule has 5 aromatic rings. The van der Waals surface area contributed by atoms with Crippen LogP contribution >= 0.6 is 7.71 Å². The van der Waals surface area contributed by atoms with Crippen LogP contribution in [0.4, 0.5) is 0 Å². The molecule has 0 aromatic heterocycles. The number of hydrogen-bond donors (Lipinski definition) is 0. The first-order valence-corrected chi connectivity index (χ1v) is 17.1. The van der Waals surface area contributed by atoms with E-state index < -0.39 is 13.9 Å². The number of hydrogen-bond acceptors (Lipinski definition) is 4. The third kappa shape index (κ3) is 7.46. The van der Waals surface area contributed by atoms with E-state index in [-0.39, 0.29) is 0 Å². The van der Waals surface area contributed by atoms with E-state index in [1.165, 1.54) is 27.4 Å². The van der Waals surface area contributed by atoms with Gasteiger partial charge in [0.1, 0.15) is 17.7 Å². The van der Waals surface area contributed by atoms with Crippen molar-refractivity contribution in [3.05, 3.63) is 157 Å². The highest BCUT2D eigenvalue weighted by Crippen LogP contribution is 2.65. The molecule has 0 saturated heterocycles. The van der Waals surface area contributed by atoms with Crippen LogP contribution in [-0.4, -0.2) is 69.6 Å². The minimum absolute atomic E-state index is 0.885. The largest absolute Gasteiger partial charge is 0.497 e. The second-order valence-electron chi connectivity index (χ2n) is 11.8. The highest BCUT2D eigenvalue weighted by atomic mass is 31.2. The molecule has 0 atom stereocenters. The quantitative estimate of drug-likeness (QED) is 0.138. The second kappa shape index (κ2) is 15.8. The van der Waals surface area contributed by atoms with Gasteiger partial charge in [-0.05, 0) is 23.8 Å². The van der Waals surface area contributed by atoms with Crippen LogP contribution in [0.3, 0.4) is 0 Å². The zero-order valence-electron chi connectivity index (χ0n) is 27.8. The first-order valence-electron chi connectivity index (χ1n) is 15.4. The molecule has 0 amide bonds. The molecule has 0 aliphatic rings. The number of nitrogens with zero attached hydrogens (tertiary/aromatic N) is 3. The van der Waals surface area contributed by atoms with Gasteiger partial charge in [-0.2, -0.15) is 35.9 Å². The second-order valence-corrected chi connectivity index (χ2v) is 15.7. The van der Waals surface area contributed by atoms with Crippen LogP contribution in [0.5, 0.6) is 5.75 Å². The molecule has 5 aromatic carbocycles. The summed E-state index contributed by atoms with van der Waals surface area (Å²) in [6, 6.07) is 51.6. The molecule has 0 radical (unpaired) electrons. The minimum atomic E-state index is -1.61. The molecule has 0 saturated carbocycles. The van der Waals surface area contributed by atoms with E-state index >= 15 is 0 Å². The first kappa shape index (κ1) is 33.9. The Bertz CT molecular complexity index is 1410. The maximum absolute atomic E-state index is 5.19. The zero-order chi connectivity index (χ0) is 32.3. The van der Waals surface area contributed by atoms with Gasteiger partial charge >= 0.3 is 0 Å². The summed E-state index contributed by atoms with van der Waals surface area (Å²) in [6.45, 7) is 0. The summed E-state index contributed by atoms with van der Waals surface area (Å²) in [4.78, 5) is 0. The highest BCUT2D eigenvalue weighted by molar-refractivity contribution is 7.72. The van der Waals surface area contributed by atoms with Gasteiger partial charge in [-0.1, -0.05) is 133 Å². The molecule has 0 N–H and O–H groups in total. The van der Waals surface area contributed by atoms with E-state index in [2.05, 4.69) is 202 Å². The van der Waals surface area contributed by atoms with Gasteiger partial charge in [-0.25, -0.2) is 0 Å². The normalized spacial score (nSPS) is 12.0. The maximum atomic E-state index is 5.19. The summed E-state index contributed by atoms with van der Waals surface area (Å²) in [6.07, 6.45) is 0.972. The molecular formula is C39H47BN3OP. The number of benzene rings is 5. The summed E-state index contributed by atoms with van der Waals surface area (Å²) in [5, 5.41) is 0. The van der Waals surface area contributed by atoms with Crippen LogP contribution in [-0.2, 0) is 0 Å². The molecular weight excluding hydrogens is 568 g/mol. The van der Waals surface area contributed by atoms with E-state index in [1.807, 2.05) is 12.1 Å². The zero-order valence-corrected chi connectivity index (χ0v) is 28.7. The highest BCUT2D eigenvalue weighted by Gasteiger charge is 2.45. The van der Waals surface area contributed by atoms with Crippen molar-refractivity contribution in [2.75, 3.05) is 49.4 Å². The van der Waals surface area contributed by atoms with Crippen LogP contribution in [0, 0.1) is 0 Å². The fourth-order valence-electron chi connectivity index (χ4n) is 6.50. The summed E-state index contributed by atoms with van der Waals surface area (Å²) in [7, 11) is 12.9. The lowest BCUT2D eigenvalue weighted by molar-refractivity contribution is 0.415. The standard InChI is InChI=1S/C24H20B.C15H27N3OP/c1-5-13-21(14-6-1)25(22-15-7-2-8-16-22,23-17-9-3-10-18-23)24-19-11-4-12-20-24;1-16(2)20(17(3)4,18(5)6)13-12-14-8-10-15(19-7)11-9-14/h1-20H;8-13H,1-7H3/q-1;+1/b;13-12+. The molecule has 0 fully saturated rings. The van der Waals surface area contributed by atoms with E-state index in [4.69, 9.17) is 4.74 Å². The van der Waals surface area contributed by atoms with Crippen molar-refractivity contribution in [1.29, 1.82) is 0 Å². The van der Waals surface area contributed by atoms with Gasteiger partial charge in [-0.15, -0.1) is 0 Å². The van der Waals surface area contributed by atoms with E-state index in [1.54, 1.807) is 7.11 Å². The van der Waals surface area contributed by atoms with Crippen molar-refractivity contribution in [2.45, 2.75) is 0 Å². The molecule has 0 spiro atoms. The van der Waals surface area contributed by atoms with Crippen molar-refractivity contribution in [3.63, 3.8) is 0 Å². The maximum Gasteiger partial charge on any atom is 0.253 e. The molecule has 45 heavy (non-hydrogen) atoms. The van der Waals surface area contributed by atoms with E-state index in [0.29, 0.717) is 0 Å². The third-order valence-electron chi connectivity index (χ3n) is 8.55. The number of methoxy groups -OCH3 is 1. The predicted molar refractivity (Wildman–Crippen MR) is 200 cm³/mol. The van der Waals surface area contributed by atoms with Gasteiger partial charge in [0.05, 0.1) is 7.11 Å². The van der Waals surface area contributed by atoms with Crippen LogP contribution in [0.15, 0.2) is 151 Å². The van der Waals surface area contributed by atoms with Gasteiger partial charge in [0.25, 0.3) is 7.71 Å². The van der Waals surface area contributed by atoms with Gasteiger partial charge in [-0.3, -0.25) is 0 Å². The third-order valence-corrected chi connectivity index (χ3v) is 12.6. The Morgan fingerprint density at radius 1 is 0.467 bits per heavy atom. The van der Waals surface area contributed by atoms with E-state index in [9.17, 15) is 0 Å². The summed E-state index contributed by atoms with van der Waals surface area (Å²) in [5.41, 5.74) is 6.54. The Morgan fingerprint density at radius 3 is 1.04 bits per heavy atom. The Morgan fingerprint density at radius 2 is 0.778 bits per heavy atom. The molecule has 0 bridgehead atoms. The lowest BCUT2D eigenvalue weighted by atomic mass is 9.13. The summed E-state index contributed by atoms with van der Waals surface area (Å²) in [5.74, 6) is 3.20. The fraction of sp³-hybridized carbons (Fsp3) is 0.179. The Hall–Kier alpha value is -3.99. The minimum Gasteiger partial charge on any atom is -0.497 e. The van der Waals surface area contributed by atoms with Crippen molar-refractivity contribution in [2.24, 2.45) is 0 Å². The fourth-order valence-corrected chi connectivity index (χ4v) is 9.81. The number of ether oxygens (including phenoxy) is 1. The van der Waals surface area contributed by atoms with Gasteiger partial charge < -0.3 is 4.74 Å². The van der Waals surface area contributed by atoms with Gasteiger partial charge in [0, 0.05) is 42.3 Å². The molecule has 0 unspecified atom stereocenters. The molecule has 6 heteroatoms. The van der Waals surface area contributed by atoms with Crippen molar-refractivity contribution >= 4 is 41.8 Å². The molecule has 0 heterocycles. The first-order chi connectivity index (χ1) is 21.8. The van der Waals surface area contributed by atoms with E-state index in [0.717, 1.165) is 5.75 Å². The Balaban J connectivity index is 0.000000211. The number of rotatable bonds is 10. The van der Waals surface area contributed by atoms with Crippen LogP contribution in [0.2, 0.25) is 0 Å². The lowest BCUT2D eigenvalue weighted by Gasteiger charge is -2.44. The van der Waals surface area contributed by atoms with Crippen LogP contribution in [0.1, 0.15) is 5.56 Å². The monoisotopic (exact) mass is 615 g/mol. The topological polar surface area (TPSA) is 19.0 Å². The average molecular weight is 616 g/mol. The van der Waals surface area contributed by atoms with Gasteiger partial charge in [0.2, 0.25) is 0 Å². The molecule has 0 aliphatic heterocycles. The molecule has 232 valence electrons. The summed E-state index contributed by atoms with van der Waals surface area (Å²) >= 11 is 0. The van der Waals surface area contributed by atoms with Crippen LogP contribution < -0.4 is 26.6 Å². The predicted octanol–water partition coefficient (Wildman–Crippen LogP) is 6.18. The smallest absolute Gasteiger partial charge is 0.253 e. The molecule has 4 nitrogen and oxygen atoms in total. The lowest BCUT2D eigenvalue weighted by Crippen LogP contribution is -2.74. The Labute approximate surface area is 272 Å². The molecule has 0 aliphatic carbocycles.